The van der Waals surface area contributed by atoms with Gasteiger partial charge in [0.15, 0.2) is 0 Å². The second-order valence-electron chi connectivity index (χ2n) is 9.79. The molecular formula is C26H31F4N5O. The Morgan fingerprint density at radius 1 is 1.11 bits per heavy atom. The fraction of sp³-hybridized carbons (Fsp3) is 0.500. The molecule has 3 aromatic rings. The predicted octanol–water partition coefficient (Wildman–Crippen LogP) is 5.56. The molecule has 1 aliphatic rings. The second-order valence-corrected chi connectivity index (χ2v) is 9.79. The van der Waals surface area contributed by atoms with E-state index in [4.69, 9.17) is 0 Å². The number of alkyl halides is 3. The Morgan fingerprint density at radius 2 is 1.78 bits per heavy atom. The number of rotatable bonds is 5. The number of pyridine rings is 1. The van der Waals surface area contributed by atoms with Crippen LogP contribution in [0, 0.1) is 12.7 Å². The highest BCUT2D eigenvalue weighted by Gasteiger charge is 2.35. The minimum absolute atomic E-state index is 0.139. The largest absolute Gasteiger partial charge is 0.419 e. The topological polar surface area (TPSA) is 63.1 Å². The number of nitrogens with zero attached hydrogens (tertiary/aromatic N) is 4. The first-order valence-electron chi connectivity index (χ1n) is 12.1. The van der Waals surface area contributed by atoms with Crippen LogP contribution in [0.15, 0.2) is 29.1 Å². The van der Waals surface area contributed by atoms with Gasteiger partial charge in [0.2, 0.25) is 0 Å². The highest BCUT2D eigenvalue weighted by molar-refractivity contribution is 5.89. The lowest BCUT2D eigenvalue weighted by Gasteiger charge is -2.35. The van der Waals surface area contributed by atoms with Gasteiger partial charge in [-0.05, 0) is 65.8 Å². The van der Waals surface area contributed by atoms with Crippen LogP contribution in [0.2, 0.25) is 0 Å². The standard InChI is InChI=1S/C26H31F4N5O/c1-14(2)35-11-9-17(10-12-35)21-13-19-23(25(36)34(21)5)32-16(4)33-24(19)31-15(3)18-7-6-8-20(22(18)27)26(28,29)30/h6-8,13-15,17H,9-12H2,1-5H3,(H,31,32,33)/t15-/m1/s1. The van der Waals surface area contributed by atoms with Gasteiger partial charge in [0.1, 0.15) is 23.0 Å². The molecule has 194 valence electrons. The summed E-state index contributed by atoms with van der Waals surface area (Å²) in [6.45, 7) is 9.38. The molecule has 1 aromatic carbocycles. The summed E-state index contributed by atoms with van der Waals surface area (Å²) in [5, 5.41) is 3.52. The molecule has 1 fully saturated rings. The summed E-state index contributed by atoms with van der Waals surface area (Å²) < 4.78 is 56.1. The number of aryl methyl sites for hydroxylation is 1. The number of hydrogen-bond acceptors (Lipinski definition) is 5. The number of aromatic nitrogens is 3. The minimum atomic E-state index is -4.80. The van der Waals surface area contributed by atoms with Gasteiger partial charge in [-0.1, -0.05) is 12.1 Å². The van der Waals surface area contributed by atoms with Gasteiger partial charge in [0, 0.05) is 30.3 Å². The van der Waals surface area contributed by atoms with E-state index >= 15 is 0 Å². The van der Waals surface area contributed by atoms with Crippen LogP contribution in [-0.2, 0) is 13.2 Å². The molecule has 0 bridgehead atoms. The fourth-order valence-corrected chi connectivity index (χ4v) is 5.00. The highest BCUT2D eigenvalue weighted by Crippen LogP contribution is 2.35. The zero-order valence-corrected chi connectivity index (χ0v) is 21.1. The van der Waals surface area contributed by atoms with Gasteiger partial charge in [-0.15, -0.1) is 0 Å². The Labute approximate surface area is 207 Å². The first kappa shape index (κ1) is 26.1. The van der Waals surface area contributed by atoms with E-state index in [0.29, 0.717) is 23.1 Å². The van der Waals surface area contributed by atoms with Gasteiger partial charge in [-0.2, -0.15) is 13.2 Å². The van der Waals surface area contributed by atoms with E-state index in [9.17, 15) is 22.4 Å². The van der Waals surface area contributed by atoms with E-state index in [1.54, 1.807) is 25.5 Å². The third-order valence-corrected chi connectivity index (χ3v) is 7.08. The molecule has 1 aliphatic heterocycles. The molecular weight excluding hydrogens is 474 g/mol. The molecule has 0 radical (unpaired) electrons. The van der Waals surface area contributed by atoms with Gasteiger partial charge in [0.25, 0.3) is 5.56 Å². The average Bonchev–Trinajstić information content (AvgIpc) is 2.81. The zero-order valence-electron chi connectivity index (χ0n) is 21.1. The molecule has 3 heterocycles. The molecule has 0 aliphatic carbocycles. The van der Waals surface area contributed by atoms with Crippen molar-refractivity contribution in [3.8, 4) is 0 Å². The van der Waals surface area contributed by atoms with Crippen molar-refractivity contribution in [2.75, 3.05) is 18.4 Å². The van der Waals surface area contributed by atoms with Crippen molar-refractivity contribution < 1.29 is 17.6 Å². The van der Waals surface area contributed by atoms with Gasteiger partial charge in [-0.25, -0.2) is 14.4 Å². The van der Waals surface area contributed by atoms with Gasteiger partial charge < -0.3 is 14.8 Å². The lowest BCUT2D eigenvalue weighted by molar-refractivity contribution is -0.140. The van der Waals surface area contributed by atoms with E-state index in [1.807, 2.05) is 6.07 Å². The lowest BCUT2D eigenvalue weighted by atomic mass is 9.91. The number of likely N-dealkylation sites (tertiary alicyclic amines) is 1. The summed E-state index contributed by atoms with van der Waals surface area (Å²) >= 11 is 0. The quantitative estimate of drug-likeness (QED) is 0.461. The maximum Gasteiger partial charge on any atom is 0.419 e. The Morgan fingerprint density at radius 3 is 2.39 bits per heavy atom. The molecule has 4 rings (SSSR count). The number of hydrogen-bond donors (Lipinski definition) is 1. The van der Waals surface area contributed by atoms with Gasteiger partial charge in [0.05, 0.1) is 17.0 Å². The molecule has 6 nitrogen and oxygen atoms in total. The Balaban J connectivity index is 1.74. The third-order valence-electron chi connectivity index (χ3n) is 7.08. The first-order chi connectivity index (χ1) is 16.9. The summed E-state index contributed by atoms with van der Waals surface area (Å²) in [5.41, 5.74) is -0.641. The van der Waals surface area contributed by atoms with Crippen molar-refractivity contribution >= 4 is 16.7 Å². The summed E-state index contributed by atoms with van der Waals surface area (Å²) in [4.78, 5) is 24.5. The van der Waals surface area contributed by atoms with Crippen LogP contribution in [0.4, 0.5) is 23.4 Å². The number of piperidine rings is 1. The van der Waals surface area contributed by atoms with Crippen molar-refractivity contribution in [1.82, 2.24) is 19.4 Å². The van der Waals surface area contributed by atoms with Crippen molar-refractivity contribution in [3.63, 3.8) is 0 Å². The molecule has 0 saturated carbocycles. The molecule has 1 atom stereocenters. The molecule has 1 saturated heterocycles. The van der Waals surface area contributed by atoms with Gasteiger partial charge >= 0.3 is 6.18 Å². The van der Waals surface area contributed by atoms with Crippen LogP contribution < -0.4 is 10.9 Å². The van der Waals surface area contributed by atoms with E-state index in [0.717, 1.165) is 37.7 Å². The number of halogens is 4. The average molecular weight is 506 g/mol. The second kappa shape index (κ2) is 9.80. The highest BCUT2D eigenvalue weighted by atomic mass is 19.4. The molecule has 2 aromatic heterocycles. The molecule has 0 unspecified atom stereocenters. The maximum atomic E-state index is 14.8. The zero-order chi connectivity index (χ0) is 26.4. The number of benzene rings is 1. The molecule has 0 spiro atoms. The van der Waals surface area contributed by atoms with Crippen molar-refractivity contribution in [2.45, 2.75) is 64.7 Å². The van der Waals surface area contributed by atoms with Gasteiger partial charge in [-0.3, -0.25) is 4.79 Å². The maximum absolute atomic E-state index is 14.8. The molecule has 10 heteroatoms. The first-order valence-corrected chi connectivity index (χ1v) is 12.1. The van der Waals surface area contributed by atoms with E-state index in [1.165, 1.54) is 12.1 Å². The lowest BCUT2D eigenvalue weighted by Crippen LogP contribution is -2.38. The fourth-order valence-electron chi connectivity index (χ4n) is 5.00. The molecule has 1 N–H and O–H groups in total. The van der Waals surface area contributed by atoms with Crippen molar-refractivity contribution in [2.24, 2.45) is 7.05 Å². The number of nitrogens with one attached hydrogen (secondary N) is 1. The normalized spacial score (nSPS) is 16.6. The summed E-state index contributed by atoms with van der Waals surface area (Å²) in [5.74, 6) is -0.527. The molecule has 0 amide bonds. The van der Waals surface area contributed by atoms with E-state index < -0.39 is 23.6 Å². The Kier molecular flexibility index (Phi) is 7.10. The SMILES string of the molecule is Cc1nc(N[C@H](C)c2cccc(C(F)(F)F)c2F)c2cc(C3CCN(C(C)C)CC3)n(C)c(=O)c2n1. The molecule has 36 heavy (non-hydrogen) atoms. The van der Waals surface area contributed by atoms with Crippen LogP contribution >= 0.6 is 0 Å². The van der Waals surface area contributed by atoms with Crippen LogP contribution in [0.3, 0.4) is 0 Å². The Hall–Kier alpha value is -3.01. The summed E-state index contributed by atoms with van der Waals surface area (Å²) in [7, 11) is 1.73. The van der Waals surface area contributed by atoms with Crippen LogP contribution in [-0.4, -0.2) is 38.6 Å². The Bertz CT molecular complexity index is 1330. The summed E-state index contributed by atoms with van der Waals surface area (Å²) in [6.07, 6.45) is -3.00. The van der Waals surface area contributed by atoms with E-state index in [2.05, 4.69) is 34.0 Å². The third kappa shape index (κ3) is 4.96. The minimum Gasteiger partial charge on any atom is -0.363 e. The monoisotopic (exact) mass is 505 g/mol. The van der Waals surface area contributed by atoms with Crippen LogP contribution in [0.25, 0.3) is 10.9 Å². The van der Waals surface area contributed by atoms with E-state index in [-0.39, 0.29) is 22.6 Å². The van der Waals surface area contributed by atoms with Crippen LogP contribution in [0.5, 0.6) is 0 Å². The summed E-state index contributed by atoms with van der Waals surface area (Å²) in [6, 6.07) is 4.72. The number of anilines is 1. The van der Waals surface area contributed by atoms with Crippen molar-refractivity contribution in [3.05, 3.63) is 63.1 Å². The van der Waals surface area contributed by atoms with Crippen molar-refractivity contribution in [1.29, 1.82) is 0 Å². The van der Waals surface area contributed by atoms with Crippen LogP contribution in [0.1, 0.15) is 68.2 Å². The predicted molar refractivity (Wildman–Crippen MR) is 132 cm³/mol. The number of fused-ring (bicyclic) bond motifs is 1. The smallest absolute Gasteiger partial charge is 0.363 e.